The lowest BCUT2D eigenvalue weighted by atomic mass is 10.4. The zero-order valence-electron chi connectivity index (χ0n) is 8.73. The summed E-state index contributed by atoms with van der Waals surface area (Å²) in [4.78, 5) is 23.8. The van der Waals surface area contributed by atoms with E-state index in [2.05, 4.69) is 0 Å². The molecule has 0 saturated carbocycles. The van der Waals surface area contributed by atoms with Gasteiger partial charge in [0.15, 0.2) is 0 Å². The maximum atomic E-state index is 11.2. The number of ether oxygens (including phenoxy) is 1. The number of hydrogen-bond donors (Lipinski definition) is 0. The third-order valence-corrected chi connectivity index (χ3v) is 1.77. The Hall–Kier alpha value is -1.78. The minimum atomic E-state index is -0.549. The highest BCUT2D eigenvalue weighted by molar-refractivity contribution is 5.86. The molecule has 0 spiro atoms. The monoisotopic (exact) mass is 211 g/mol. The van der Waals surface area contributed by atoms with Crippen LogP contribution in [0.15, 0.2) is 22.8 Å². The Balaban J connectivity index is 2.27. The van der Waals surface area contributed by atoms with Crippen molar-refractivity contribution in [2.45, 2.75) is 6.42 Å². The Morgan fingerprint density at radius 1 is 1.47 bits per heavy atom. The van der Waals surface area contributed by atoms with Crippen LogP contribution in [0, 0.1) is 0 Å². The molecule has 82 valence electrons. The molecular weight excluding hydrogens is 198 g/mol. The van der Waals surface area contributed by atoms with Crippen molar-refractivity contribution in [3.05, 3.63) is 24.2 Å². The zero-order valence-corrected chi connectivity index (χ0v) is 8.73. The molecule has 1 aromatic rings. The SMILES string of the molecule is CN(C)C(=O)CCOC(=O)c1ccco1. The lowest BCUT2D eigenvalue weighted by Crippen LogP contribution is -2.23. The molecule has 1 amide bonds. The molecule has 5 nitrogen and oxygen atoms in total. The fourth-order valence-electron chi connectivity index (χ4n) is 0.920. The Bertz CT molecular complexity index is 329. The van der Waals surface area contributed by atoms with E-state index in [9.17, 15) is 9.59 Å². The zero-order chi connectivity index (χ0) is 11.3. The van der Waals surface area contributed by atoms with Gasteiger partial charge in [0.1, 0.15) is 6.61 Å². The van der Waals surface area contributed by atoms with Crippen molar-refractivity contribution in [2.75, 3.05) is 20.7 Å². The van der Waals surface area contributed by atoms with Crippen molar-refractivity contribution in [1.29, 1.82) is 0 Å². The van der Waals surface area contributed by atoms with Crippen LogP contribution >= 0.6 is 0 Å². The number of hydrogen-bond acceptors (Lipinski definition) is 4. The molecular formula is C10H13NO4. The summed E-state index contributed by atoms with van der Waals surface area (Å²) in [5.41, 5.74) is 0. The summed E-state index contributed by atoms with van der Waals surface area (Å²) in [6.07, 6.45) is 1.57. The van der Waals surface area contributed by atoms with Crippen molar-refractivity contribution in [3.8, 4) is 0 Å². The molecule has 5 heteroatoms. The minimum Gasteiger partial charge on any atom is -0.459 e. The topological polar surface area (TPSA) is 59.8 Å². The third-order valence-electron chi connectivity index (χ3n) is 1.77. The van der Waals surface area contributed by atoms with Gasteiger partial charge in [0.25, 0.3) is 0 Å². The van der Waals surface area contributed by atoms with Crippen LogP contribution in [0.5, 0.6) is 0 Å². The summed E-state index contributed by atoms with van der Waals surface area (Å²) in [7, 11) is 3.30. The maximum Gasteiger partial charge on any atom is 0.374 e. The van der Waals surface area contributed by atoms with E-state index >= 15 is 0 Å². The lowest BCUT2D eigenvalue weighted by Gasteiger charge is -2.09. The molecule has 0 fully saturated rings. The molecule has 0 radical (unpaired) electrons. The van der Waals surface area contributed by atoms with Gasteiger partial charge in [0.05, 0.1) is 12.7 Å². The second-order valence-corrected chi connectivity index (χ2v) is 3.15. The molecule has 0 atom stereocenters. The number of carbonyl (C=O) groups is 2. The van der Waals surface area contributed by atoms with E-state index in [1.165, 1.54) is 17.2 Å². The molecule has 1 heterocycles. The van der Waals surface area contributed by atoms with Crippen LogP contribution in [0.4, 0.5) is 0 Å². The molecule has 0 aromatic carbocycles. The van der Waals surface area contributed by atoms with Crippen LogP contribution in [0.2, 0.25) is 0 Å². The second-order valence-electron chi connectivity index (χ2n) is 3.15. The van der Waals surface area contributed by atoms with Gasteiger partial charge in [0.2, 0.25) is 11.7 Å². The van der Waals surface area contributed by atoms with E-state index in [0.717, 1.165) is 0 Å². The molecule has 0 aliphatic rings. The second kappa shape index (κ2) is 5.19. The number of amides is 1. The molecule has 1 rings (SSSR count). The highest BCUT2D eigenvalue weighted by Gasteiger charge is 2.11. The van der Waals surface area contributed by atoms with Gasteiger partial charge in [-0.25, -0.2) is 4.79 Å². The fourth-order valence-corrected chi connectivity index (χ4v) is 0.920. The number of esters is 1. The average molecular weight is 211 g/mol. The van der Waals surface area contributed by atoms with Crippen molar-refractivity contribution in [1.82, 2.24) is 4.90 Å². The van der Waals surface area contributed by atoms with Gasteiger partial charge < -0.3 is 14.1 Å². The van der Waals surface area contributed by atoms with Crippen LogP contribution in [0.1, 0.15) is 17.0 Å². The number of nitrogens with zero attached hydrogens (tertiary/aromatic N) is 1. The van der Waals surface area contributed by atoms with Gasteiger partial charge >= 0.3 is 5.97 Å². The minimum absolute atomic E-state index is 0.0660. The smallest absolute Gasteiger partial charge is 0.374 e. The van der Waals surface area contributed by atoms with E-state index in [1.54, 1.807) is 20.2 Å². The van der Waals surface area contributed by atoms with E-state index < -0.39 is 5.97 Å². The van der Waals surface area contributed by atoms with Crippen LogP contribution in [-0.4, -0.2) is 37.5 Å². The van der Waals surface area contributed by atoms with Crippen molar-refractivity contribution in [3.63, 3.8) is 0 Å². The molecule has 15 heavy (non-hydrogen) atoms. The van der Waals surface area contributed by atoms with Gasteiger partial charge in [-0.15, -0.1) is 0 Å². The highest BCUT2D eigenvalue weighted by Crippen LogP contribution is 2.02. The van der Waals surface area contributed by atoms with E-state index in [0.29, 0.717) is 0 Å². The predicted octanol–water partition coefficient (Wildman–Crippen LogP) is 0.915. The van der Waals surface area contributed by atoms with Gasteiger partial charge in [-0.1, -0.05) is 0 Å². The summed E-state index contributed by atoms with van der Waals surface area (Å²) in [5.74, 6) is -0.485. The first-order valence-electron chi connectivity index (χ1n) is 4.52. The first-order valence-corrected chi connectivity index (χ1v) is 4.52. The number of rotatable bonds is 4. The Labute approximate surface area is 87.6 Å². The largest absolute Gasteiger partial charge is 0.459 e. The van der Waals surface area contributed by atoms with Crippen LogP contribution < -0.4 is 0 Å². The first kappa shape index (κ1) is 11.3. The predicted molar refractivity (Wildman–Crippen MR) is 52.3 cm³/mol. The van der Waals surface area contributed by atoms with Crippen LogP contribution in [-0.2, 0) is 9.53 Å². The Kier molecular flexibility index (Phi) is 3.91. The molecule has 1 aromatic heterocycles. The van der Waals surface area contributed by atoms with Gasteiger partial charge in [-0.3, -0.25) is 4.79 Å². The third kappa shape index (κ3) is 3.46. The normalized spacial score (nSPS) is 9.73. The van der Waals surface area contributed by atoms with Gasteiger partial charge in [-0.2, -0.15) is 0 Å². The van der Waals surface area contributed by atoms with Crippen molar-refractivity contribution in [2.24, 2.45) is 0 Å². The standard InChI is InChI=1S/C10H13NO4/c1-11(2)9(12)5-7-15-10(13)8-4-3-6-14-8/h3-4,6H,5,7H2,1-2H3. The molecule has 0 bridgehead atoms. The molecule has 0 aliphatic carbocycles. The fraction of sp³-hybridized carbons (Fsp3) is 0.400. The summed E-state index contributed by atoms with van der Waals surface area (Å²) < 4.78 is 9.66. The molecule has 0 aliphatic heterocycles. The Morgan fingerprint density at radius 3 is 2.73 bits per heavy atom. The lowest BCUT2D eigenvalue weighted by molar-refractivity contribution is -0.129. The molecule has 0 saturated heterocycles. The first-order chi connectivity index (χ1) is 7.11. The van der Waals surface area contributed by atoms with Crippen molar-refractivity contribution < 1.29 is 18.7 Å². The van der Waals surface area contributed by atoms with Gasteiger partial charge in [-0.05, 0) is 12.1 Å². The summed E-state index contributed by atoms with van der Waals surface area (Å²) in [6, 6.07) is 3.11. The van der Waals surface area contributed by atoms with E-state index in [1.807, 2.05) is 0 Å². The van der Waals surface area contributed by atoms with E-state index in [-0.39, 0.29) is 24.7 Å². The summed E-state index contributed by atoms with van der Waals surface area (Å²) in [5, 5.41) is 0. The number of furan rings is 1. The van der Waals surface area contributed by atoms with Crippen molar-refractivity contribution >= 4 is 11.9 Å². The quantitative estimate of drug-likeness (QED) is 0.695. The van der Waals surface area contributed by atoms with E-state index in [4.69, 9.17) is 9.15 Å². The maximum absolute atomic E-state index is 11.2. The summed E-state index contributed by atoms with van der Waals surface area (Å²) in [6.45, 7) is 0.0660. The summed E-state index contributed by atoms with van der Waals surface area (Å²) >= 11 is 0. The van der Waals surface area contributed by atoms with Crippen LogP contribution in [0.25, 0.3) is 0 Å². The molecule has 0 N–H and O–H groups in total. The van der Waals surface area contributed by atoms with Gasteiger partial charge in [0, 0.05) is 14.1 Å². The molecule has 0 unspecified atom stereocenters. The Morgan fingerprint density at radius 2 is 2.20 bits per heavy atom. The highest BCUT2D eigenvalue weighted by atomic mass is 16.5. The average Bonchev–Trinajstić information content (AvgIpc) is 2.70. The number of carbonyl (C=O) groups excluding carboxylic acids is 2. The van der Waals surface area contributed by atoms with Crippen LogP contribution in [0.3, 0.4) is 0 Å².